The number of anilines is 1. The van der Waals surface area contributed by atoms with Gasteiger partial charge in [-0.3, -0.25) is 9.36 Å². The molecule has 0 saturated heterocycles. The zero-order chi connectivity index (χ0) is 25.4. The molecule has 0 aliphatic rings. The normalized spacial score (nSPS) is 12.2. The van der Waals surface area contributed by atoms with E-state index in [9.17, 15) is 18.0 Å². The van der Waals surface area contributed by atoms with Crippen LogP contribution in [0.1, 0.15) is 19.4 Å². The van der Waals surface area contributed by atoms with Crippen molar-refractivity contribution in [3.05, 3.63) is 76.5 Å². The van der Waals surface area contributed by atoms with Crippen LogP contribution in [-0.2, 0) is 6.42 Å². The number of nitrogens with zero attached hydrogens (tertiary/aromatic N) is 2. The minimum Gasteiger partial charge on any atom is -0.495 e. The Bertz CT molecular complexity index is 1420. The molecule has 0 fully saturated rings. The number of ether oxygens (including phenoxy) is 1. The van der Waals surface area contributed by atoms with E-state index < -0.39 is 29.4 Å². The molecule has 4 aromatic rings. The molecule has 184 valence electrons. The van der Waals surface area contributed by atoms with Crippen LogP contribution in [0.15, 0.2) is 69.0 Å². The molecule has 11 heteroatoms. The molecule has 0 saturated carbocycles. The molecule has 0 bridgehead atoms. The second-order valence-corrected chi connectivity index (χ2v) is 9.37. The minimum atomic E-state index is -4.52. The fourth-order valence-corrected chi connectivity index (χ4v) is 4.20. The molecule has 6 nitrogen and oxygen atoms in total. The largest absolute Gasteiger partial charge is 0.495 e. The third-order valence-corrected chi connectivity index (χ3v) is 6.37. The van der Waals surface area contributed by atoms with Crippen LogP contribution < -0.4 is 15.0 Å². The van der Waals surface area contributed by atoms with Gasteiger partial charge in [-0.1, -0.05) is 19.0 Å². The van der Waals surface area contributed by atoms with Crippen molar-refractivity contribution < 1.29 is 26.8 Å². The molecule has 1 N–H and O–H groups in total. The predicted molar refractivity (Wildman–Crippen MR) is 126 cm³/mol. The number of hydrogen-bond acceptors (Lipinski definition) is 6. The highest BCUT2D eigenvalue weighted by Gasteiger charge is 2.47. The van der Waals surface area contributed by atoms with Gasteiger partial charge < -0.3 is 14.0 Å². The lowest BCUT2D eigenvalue weighted by atomic mass is 9.84. The van der Waals surface area contributed by atoms with Crippen LogP contribution >= 0.6 is 11.9 Å². The van der Waals surface area contributed by atoms with Crippen LogP contribution in [0.5, 0.6) is 5.75 Å². The Morgan fingerprint density at radius 1 is 1.11 bits per heavy atom. The highest BCUT2D eigenvalue weighted by molar-refractivity contribution is 8.00. The molecule has 0 spiro atoms. The lowest BCUT2D eigenvalue weighted by molar-refractivity contribution is -0.211. The summed E-state index contributed by atoms with van der Waals surface area (Å²) in [5.41, 5.74) is -2.18. The number of methoxy groups -OCH3 is 1. The number of hydrogen-bond donors (Lipinski definition) is 1. The average molecular weight is 508 g/mol. The fraction of sp³-hybridized carbons (Fsp3) is 0.250. The summed E-state index contributed by atoms with van der Waals surface area (Å²) in [6, 6.07) is 12.2. The van der Waals surface area contributed by atoms with Gasteiger partial charge in [0.1, 0.15) is 17.8 Å². The van der Waals surface area contributed by atoms with Crippen molar-refractivity contribution in [2.24, 2.45) is 5.41 Å². The van der Waals surface area contributed by atoms with E-state index in [2.05, 4.69) is 9.88 Å². The van der Waals surface area contributed by atoms with E-state index >= 15 is 4.39 Å². The van der Waals surface area contributed by atoms with Crippen molar-refractivity contribution in [3.8, 4) is 11.4 Å². The summed E-state index contributed by atoms with van der Waals surface area (Å²) in [7, 11) is 1.32. The Balaban J connectivity index is 1.75. The fourth-order valence-electron chi connectivity index (χ4n) is 3.55. The summed E-state index contributed by atoms with van der Waals surface area (Å²) < 4.78 is 69.5. The first-order chi connectivity index (χ1) is 16.5. The number of rotatable bonds is 7. The monoisotopic (exact) mass is 507 g/mol. The number of alkyl halides is 3. The molecule has 35 heavy (non-hydrogen) atoms. The number of halogens is 4. The topological polar surface area (TPSA) is 69.3 Å². The predicted octanol–water partition coefficient (Wildman–Crippen LogP) is 6.38. The van der Waals surface area contributed by atoms with Gasteiger partial charge in [0.05, 0.1) is 23.7 Å². The smallest absolute Gasteiger partial charge is 0.394 e. The molecule has 0 aliphatic carbocycles. The molecular formula is C24H21F4N3O3S. The van der Waals surface area contributed by atoms with Crippen LogP contribution in [-0.4, -0.2) is 23.0 Å². The minimum absolute atomic E-state index is 0.0834. The SMILES string of the molecule is COc1cc(CC(C)(C)C(F)(F)F)c(F)cc1-n1c(=O)ccc2cc(SNc3ccon3)ccc21. The molecule has 0 amide bonds. The van der Waals surface area contributed by atoms with Crippen LogP contribution in [0, 0.1) is 11.2 Å². The second-order valence-electron chi connectivity index (χ2n) is 8.49. The van der Waals surface area contributed by atoms with E-state index in [1.807, 2.05) is 6.07 Å². The molecule has 2 aromatic heterocycles. The number of aromatic nitrogens is 2. The molecule has 0 atom stereocenters. The molecule has 2 aromatic carbocycles. The van der Waals surface area contributed by atoms with Crippen LogP contribution in [0.3, 0.4) is 0 Å². The molecule has 2 heterocycles. The van der Waals surface area contributed by atoms with Gasteiger partial charge in [0.25, 0.3) is 5.56 Å². The Morgan fingerprint density at radius 3 is 2.54 bits per heavy atom. The number of fused-ring (bicyclic) bond motifs is 1. The van der Waals surface area contributed by atoms with Crippen LogP contribution in [0.25, 0.3) is 16.6 Å². The molecule has 0 unspecified atom stereocenters. The van der Waals surface area contributed by atoms with Gasteiger partial charge in [-0.25, -0.2) is 4.39 Å². The maximum Gasteiger partial charge on any atom is 0.394 e. The Morgan fingerprint density at radius 2 is 1.89 bits per heavy atom. The van der Waals surface area contributed by atoms with Crippen molar-refractivity contribution in [2.75, 3.05) is 11.8 Å². The number of nitrogens with one attached hydrogen (secondary N) is 1. The summed E-state index contributed by atoms with van der Waals surface area (Å²) in [6.45, 7) is 2.02. The van der Waals surface area contributed by atoms with Gasteiger partial charge in [-0.2, -0.15) is 13.2 Å². The first-order valence-corrected chi connectivity index (χ1v) is 11.2. The van der Waals surface area contributed by atoms with Gasteiger partial charge in [-0.05, 0) is 59.7 Å². The van der Waals surface area contributed by atoms with Crippen molar-refractivity contribution >= 4 is 28.7 Å². The van der Waals surface area contributed by atoms with E-state index in [0.29, 0.717) is 16.7 Å². The van der Waals surface area contributed by atoms with Gasteiger partial charge in [0.2, 0.25) is 0 Å². The third-order valence-electron chi connectivity index (χ3n) is 5.57. The quantitative estimate of drug-likeness (QED) is 0.231. The summed E-state index contributed by atoms with van der Waals surface area (Å²) in [5, 5.41) is 4.45. The van der Waals surface area contributed by atoms with E-state index in [0.717, 1.165) is 24.8 Å². The van der Waals surface area contributed by atoms with Gasteiger partial charge >= 0.3 is 6.18 Å². The second kappa shape index (κ2) is 9.29. The van der Waals surface area contributed by atoms with Crippen molar-refractivity contribution in [1.82, 2.24) is 9.72 Å². The Kier molecular flexibility index (Phi) is 6.54. The van der Waals surface area contributed by atoms with E-state index in [-0.39, 0.29) is 17.0 Å². The van der Waals surface area contributed by atoms with Gasteiger partial charge in [-0.15, -0.1) is 0 Å². The maximum atomic E-state index is 15.0. The maximum absolute atomic E-state index is 15.0. The summed E-state index contributed by atoms with van der Waals surface area (Å²) in [4.78, 5) is 13.6. The van der Waals surface area contributed by atoms with Crippen molar-refractivity contribution in [3.63, 3.8) is 0 Å². The molecule has 4 rings (SSSR count). The standard InChI is InChI=1S/C24H21F4N3O3S/c1-23(2,24(26,27)28)13-15-11-20(33-3)19(12-17(15)25)31-18-6-5-16(10-14(18)4-7-22(31)32)35-30-21-8-9-34-29-21/h4-12H,13H2,1-3H3,(H,29,30). The first-order valence-electron chi connectivity index (χ1n) is 10.4. The molecule has 0 aliphatic heterocycles. The van der Waals surface area contributed by atoms with Crippen molar-refractivity contribution in [1.29, 1.82) is 0 Å². The van der Waals surface area contributed by atoms with E-state index in [4.69, 9.17) is 9.26 Å². The zero-order valence-electron chi connectivity index (χ0n) is 18.9. The third kappa shape index (κ3) is 5.00. The Hall–Kier alpha value is -3.47. The molecule has 0 radical (unpaired) electrons. The zero-order valence-corrected chi connectivity index (χ0v) is 19.8. The highest BCUT2D eigenvalue weighted by atomic mass is 32.2. The van der Waals surface area contributed by atoms with E-state index in [1.54, 1.807) is 24.3 Å². The van der Waals surface area contributed by atoms with Crippen molar-refractivity contribution in [2.45, 2.75) is 31.3 Å². The van der Waals surface area contributed by atoms with Gasteiger partial charge in [0.15, 0.2) is 5.82 Å². The van der Waals surface area contributed by atoms with E-state index in [1.165, 1.54) is 42.0 Å². The summed E-state index contributed by atoms with van der Waals surface area (Å²) in [5.74, 6) is -0.236. The first kappa shape index (κ1) is 24.6. The summed E-state index contributed by atoms with van der Waals surface area (Å²) in [6.07, 6.45) is -3.66. The van der Waals surface area contributed by atoms with Gasteiger partial charge in [0, 0.05) is 23.1 Å². The Labute approximate surface area is 202 Å². The van der Waals surface area contributed by atoms with Crippen LogP contribution in [0.4, 0.5) is 23.4 Å². The molecular weight excluding hydrogens is 486 g/mol. The summed E-state index contributed by atoms with van der Waals surface area (Å²) >= 11 is 1.28. The lowest BCUT2D eigenvalue weighted by Gasteiger charge is -2.28. The number of pyridine rings is 1. The highest BCUT2D eigenvalue weighted by Crippen LogP contribution is 2.41. The average Bonchev–Trinajstić information content (AvgIpc) is 3.32. The number of benzene rings is 2. The lowest BCUT2D eigenvalue weighted by Crippen LogP contribution is -2.34. The van der Waals surface area contributed by atoms with Crippen LogP contribution in [0.2, 0.25) is 0 Å².